The number of hydrogen-bond donors (Lipinski definition) is 0. The van der Waals surface area contributed by atoms with Crippen LogP contribution in [0.3, 0.4) is 0 Å². The van der Waals surface area contributed by atoms with E-state index in [1.165, 1.54) is 63.6 Å². The summed E-state index contributed by atoms with van der Waals surface area (Å²) in [4.78, 5) is 16.9. The van der Waals surface area contributed by atoms with Gasteiger partial charge in [-0.25, -0.2) is 0 Å². The van der Waals surface area contributed by atoms with Crippen molar-refractivity contribution in [2.24, 2.45) is 0 Å². The van der Waals surface area contributed by atoms with Crippen molar-refractivity contribution < 1.29 is 0 Å². The molecule has 0 atom stereocenters. The second-order valence-corrected chi connectivity index (χ2v) is 21.9. The van der Waals surface area contributed by atoms with Crippen LogP contribution in [0.25, 0.3) is 0 Å². The third-order valence-corrected chi connectivity index (χ3v) is 18.3. The maximum atomic E-state index is 2.32. The quantitative estimate of drug-likeness (QED) is 0.106. The van der Waals surface area contributed by atoms with Crippen LogP contribution in [-0.2, 0) is 32.7 Å². The summed E-state index contributed by atoms with van der Waals surface area (Å²) in [5.74, 6) is 0. The highest BCUT2D eigenvalue weighted by Gasteiger charge is 2.31. The Kier molecular flexibility index (Phi) is 12.8. The van der Waals surface area contributed by atoms with Crippen LogP contribution in [0.15, 0.2) is 312 Å². The molecule has 0 spiro atoms. The smallest absolute Gasteiger partial charge is 0.0901 e. The molecule has 0 amide bonds. The van der Waals surface area contributed by atoms with Gasteiger partial charge >= 0.3 is 0 Å². The minimum absolute atomic E-state index is 0.151. The largest absolute Gasteiger partial charge is 0.166 e. The minimum Gasteiger partial charge on any atom is -0.0901 e. The molecule has 0 aromatic heterocycles. The molecule has 284 valence electrons. The van der Waals surface area contributed by atoms with Crippen molar-refractivity contribution in [2.45, 2.75) is 63.6 Å². The zero-order valence-corrected chi connectivity index (χ0v) is 36.3. The van der Waals surface area contributed by atoms with Crippen molar-refractivity contribution in [3.8, 4) is 0 Å². The van der Waals surface area contributed by atoms with Crippen LogP contribution < -0.4 is 0 Å². The Morgan fingerprint density at radius 3 is 0.492 bits per heavy atom. The topological polar surface area (TPSA) is 0 Å². The average molecular weight is 850 g/mol. The predicted octanol–water partition coefficient (Wildman–Crippen LogP) is 15.3. The lowest BCUT2D eigenvalue weighted by molar-refractivity contribution is 1.26. The van der Waals surface area contributed by atoms with Gasteiger partial charge in [-0.15, -0.1) is 0 Å². The minimum atomic E-state index is -0.231. The highest BCUT2D eigenvalue weighted by Crippen LogP contribution is 2.38. The van der Waals surface area contributed by atoms with Gasteiger partial charge in [0.1, 0.15) is 0 Å². The molecule has 0 saturated heterocycles. The molecule has 0 fully saturated rings. The molecule has 0 bridgehead atoms. The predicted molar refractivity (Wildman–Crippen MR) is 253 cm³/mol. The second-order valence-electron chi connectivity index (χ2n) is 13.6. The second kappa shape index (κ2) is 19.2. The van der Waals surface area contributed by atoms with Crippen LogP contribution in [0.5, 0.6) is 0 Å². The zero-order chi connectivity index (χ0) is 39.6. The SMILES string of the molecule is c1ccc([S+](c2ccccc2)c2ccc(Sc3ccc([S+](c4ccccc4)c4ccc(Sc5ccc([S+](c6ccccc6)c6ccccc6)cc5)cc4)cc3)cc2)cc1. The summed E-state index contributed by atoms with van der Waals surface area (Å²) in [7, 11) is -0.533. The highest BCUT2D eigenvalue weighted by molar-refractivity contribution is 8.00. The van der Waals surface area contributed by atoms with E-state index in [2.05, 4.69) is 249 Å². The highest BCUT2D eigenvalue weighted by atomic mass is 32.2. The molecule has 59 heavy (non-hydrogen) atoms. The van der Waals surface area contributed by atoms with Crippen molar-refractivity contribution >= 4 is 56.2 Å². The molecule has 0 saturated carbocycles. The normalized spacial score (nSPS) is 11.3. The van der Waals surface area contributed by atoms with Gasteiger partial charge in [-0.05, 0) is 158 Å². The van der Waals surface area contributed by atoms with E-state index in [9.17, 15) is 0 Å². The Morgan fingerprint density at radius 1 is 0.169 bits per heavy atom. The standard InChI is InChI=1S/C54H41S5/c1-6-16-46(17-7-1)57(47-18-8-2-9-19-47)51-34-26-42(27-35-51)55-44-30-38-53(39-31-44)59(50-24-14-5-15-25-50)54-40-32-45(33-41-54)56-43-28-36-52(37-29-43)58(48-20-10-3-11-21-48)49-22-12-4-13-23-49/h1-41H/q+3. The van der Waals surface area contributed by atoms with Crippen LogP contribution in [0.4, 0.5) is 0 Å². The van der Waals surface area contributed by atoms with E-state index in [0.717, 1.165) is 0 Å². The first-order valence-corrected chi connectivity index (χ1v) is 24.8. The van der Waals surface area contributed by atoms with Gasteiger partial charge in [-0.3, -0.25) is 0 Å². The van der Waals surface area contributed by atoms with Crippen molar-refractivity contribution in [1.82, 2.24) is 0 Å². The van der Waals surface area contributed by atoms with Crippen molar-refractivity contribution in [1.29, 1.82) is 0 Å². The van der Waals surface area contributed by atoms with E-state index in [-0.39, 0.29) is 32.7 Å². The summed E-state index contributed by atoms with van der Waals surface area (Å²) in [5, 5.41) is 0. The van der Waals surface area contributed by atoms with E-state index < -0.39 is 0 Å². The van der Waals surface area contributed by atoms with Crippen molar-refractivity contribution in [3.63, 3.8) is 0 Å². The first kappa shape index (κ1) is 39.2. The first-order chi connectivity index (χ1) is 29.2. The van der Waals surface area contributed by atoms with Crippen molar-refractivity contribution in [2.75, 3.05) is 0 Å². The third kappa shape index (κ3) is 9.63. The maximum Gasteiger partial charge on any atom is 0.166 e. The lowest BCUT2D eigenvalue weighted by atomic mass is 10.3. The van der Waals surface area contributed by atoms with Crippen LogP contribution in [0.2, 0.25) is 0 Å². The van der Waals surface area contributed by atoms with Gasteiger partial charge in [-0.1, -0.05) is 115 Å². The third-order valence-electron chi connectivity index (χ3n) is 9.60. The Morgan fingerprint density at radius 2 is 0.322 bits per heavy atom. The fourth-order valence-corrected chi connectivity index (χ4v) is 14.7. The van der Waals surface area contributed by atoms with Gasteiger partial charge in [0.05, 0.1) is 32.7 Å². The van der Waals surface area contributed by atoms with E-state index >= 15 is 0 Å². The van der Waals surface area contributed by atoms with Crippen LogP contribution in [0.1, 0.15) is 0 Å². The molecule has 0 N–H and O–H groups in total. The first-order valence-electron chi connectivity index (χ1n) is 19.5. The molecule has 9 aromatic rings. The molecular formula is C54H41S5+3. The molecule has 0 unspecified atom stereocenters. The van der Waals surface area contributed by atoms with Gasteiger partial charge in [-0.2, -0.15) is 0 Å². The van der Waals surface area contributed by atoms with Gasteiger partial charge < -0.3 is 0 Å². The van der Waals surface area contributed by atoms with E-state index in [4.69, 9.17) is 0 Å². The molecule has 9 aromatic carbocycles. The zero-order valence-electron chi connectivity index (χ0n) is 32.2. The fourth-order valence-electron chi connectivity index (χ4n) is 6.85. The molecular weight excluding hydrogens is 809 g/mol. The molecule has 9 rings (SSSR count). The van der Waals surface area contributed by atoms with Gasteiger partial charge in [0.2, 0.25) is 0 Å². The van der Waals surface area contributed by atoms with Gasteiger partial charge in [0.15, 0.2) is 44.1 Å². The van der Waals surface area contributed by atoms with E-state index in [1.807, 2.05) is 23.5 Å². The molecule has 0 radical (unpaired) electrons. The van der Waals surface area contributed by atoms with Crippen LogP contribution in [0, 0.1) is 0 Å². The summed E-state index contributed by atoms with van der Waals surface area (Å²) in [6.45, 7) is 0. The lowest BCUT2D eigenvalue weighted by Crippen LogP contribution is -2.04. The Bertz CT molecular complexity index is 2410. The Hall–Kier alpha value is -5.27. The van der Waals surface area contributed by atoms with E-state index in [0.29, 0.717) is 0 Å². The number of benzene rings is 9. The number of hydrogen-bond acceptors (Lipinski definition) is 2. The average Bonchev–Trinajstić information content (AvgIpc) is 3.31. The maximum absolute atomic E-state index is 2.32. The Balaban J connectivity index is 0.906. The summed E-state index contributed by atoms with van der Waals surface area (Å²) in [6, 6.07) is 91.0. The van der Waals surface area contributed by atoms with Gasteiger partial charge in [0.25, 0.3) is 0 Å². The van der Waals surface area contributed by atoms with Crippen molar-refractivity contribution in [3.05, 3.63) is 249 Å². The lowest BCUT2D eigenvalue weighted by Gasteiger charge is -2.10. The Labute approximate surface area is 365 Å². The van der Waals surface area contributed by atoms with Gasteiger partial charge in [0, 0.05) is 19.6 Å². The monoisotopic (exact) mass is 849 g/mol. The van der Waals surface area contributed by atoms with Crippen LogP contribution in [-0.4, -0.2) is 0 Å². The molecule has 5 heteroatoms. The molecule has 0 aliphatic rings. The summed E-state index contributed by atoms with van der Waals surface area (Å²) in [5.41, 5.74) is 0. The molecule has 0 aliphatic heterocycles. The summed E-state index contributed by atoms with van der Waals surface area (Å²) >= 11 is 3.64. The fraction of sp³-hybridized carbons (Fsp3) is 0. The van der Waals surface area contributed by atoms with Crippen LogP contribution >= 0.6 is 23.5 Å². The summed E-state index contributed by atoms with van der Waals surface area (Å²) < 4.78 is 0. The van der Waals surface area contributed by atoms with E-state index in [1.54, 1.807) is 0 Å². The number of rotatable bonds is 13. The molecule has 0 aliphatic carbocycles. The molecule has 0 heterocycles. The molecule has 0 nitrogen and oxygen atoms in total. The summed E-state index contributed by atoms with van der Waals surface area (Å²) in [6.07, 6.45) is 0.